The van der Waals surface area contributed by atoms with Gasteiger partial charge in [0.15, 0.2) is 0 Å². The van der Waals surface area contributed by atoms with Gasteiger partial charge in [0, 0.05) is 32.4 Å². The average molecular weight is 431 g/mol. The van der Waals surface area contributed by atoms with Crippen molar-refractivity contribution in [3.63, 3.8) is 0 Å². The molecule has 31 heavy (non-hydrogen) atoms. The van der Waals surface area contributed by atoms with E-state index < -0.39 is 11.7 Å². The summed E-state index contributed by atoms with van der Waals surface area (Å²) in [5, 5.41) is 8.21. The Kier molecular flexibility index (Phi) is 5.57. The van der Waals surface area contributed by atoms with E-state index in [2.05, 4.69) is 20.2 Å². The predicted octanol–water partition coefficient (Wildman–Crippen LogP) is 2.74. The van der Waals surface area contributed by atoms with Crippen LogP contribution in [0.25, 0.3) is 5.69 Å². The molecule has 0 atom stereocenters. The minimum absolute atomic E-state index is 0.115. The summed E-state index contributed by atoms with van der Waals surface area (Å²) in [6, 6.07) is 7.09. The highest BCUT2D eigenvalue weighted by atomic mass is 19.4. The number of alkyl halides is 3. The van der Waals surface area contributed by atoms with Crippen molar-refractivity contribution >= 4 is 11.9 Å². The van der Waals surface area contributed by atoms with Crippen LogP contribution in [0.4, 0.5) is 19.1 Å². The van der Waals surface area contributed by atoms with E-state index in [-0.39, 0.29) is 17.5 Å². The van der Waals surface area contributed by atoms with Gasteiger partial charge in [0.2, 0.25) is 5.95 Å². The molecule has 0 unspecified atom stereocenters. The zero-order chi connectivity index (χ0) is 22.0. The molecule has 3 heterocycles. The van der Waals surface area contributed by atoms with Crippen LogP contribution in [0.5, 0.6) is 0 Å². The first kappa shape index (κ1) is 20.8. The molecule has 1 amide bonds. The standard InChI is InChI=1S/C20H20F3N7O/c1-14-16(20(21,22)23)13-24-19(27-14)29-10-4-9-28(11-12-29)18(31)15-5-2-3-6-17(15)30-25-7-8-26-30/h2-3,5-8,13H,4,9-12H2,1H3. The van der Waals surface area contributed by atoms with Gasteiger partial charge in [0.25, 0.3) is 5.91 Å². The van der Waals surface area contributed by atoms with Crippen LogP contribution in [0.15, 0.2) is 42.9 Å². The zero-order valence-corrected chi connectivity index (χ0v) is 16.7. The van der Waals surface area contributed by atoms with Gasteiger partial charge in [-0.05, 0) is 25.5 Å². The molecule has 3 aromatic rings. The summed E-state index contributed by atoms with van der Waals surface area (Å²) in [5.74, 6) is 0.0835. The maximum absolute atomic E-state index is 13.2. The number of nitrogens with zero attached hydrogens (tertiary/aromatic N) is 7. The number of halogens is 3. The summed E-state index contributed by atoms with van der Waals surface area (Å²) < 4.78 is 38.9. The van der Waals surface area contributed by atoms with Gasteiger partial charge in [-0.25, -0.2) is 9.97 Å². The van der Waals surface area contributed by atoms with Crippen molar-refractivity contribution in [3.8, 4) is 5.69 Å². The number of anilines is 1. The highest BCUT2D eigenvalue weighted by Gasteiger charge is 2.34. The molecule has 4 rings (SSSR count). The number of carbonyl (C=O) groups excluding carboxylic acids is 1. The highest BCUT2D eigenvalue weighted by molar-refractivity contribution is 5.97. The van der Waals surface area contributed by atoms with E-state index in [1.54, 1.807) is 28.0 Å². The molecule has 0 N–H and O–H groups in total. The minimum Gasteiger partial charge on any atom is -0.339 e. The number of para-hydroxylation sites is 1. The van der Waals surface area contributed by atoms with Crippen LogP contribution in [-0.2, 0) is 6.18 Å². The largest absolute Gasteiger partial charge is 0.419 e. The maximum Gasteiger partial charge on any atom is 0.419 e. The number of hydrogen-bond donors (Lipinski definition) is 0. The molecule has 2 aromatic heterocycles. The molecule has 0 saturated carbocycles. The van der Waals surface area contributed by atoms with Gasteiger partial charge >= 0.3 is 6.18 Å². The average Bonchev–Trinajstić information content (AvgIpc) is 3.16. The summed E-state index contributed by atoms with van der Waals surface area (Å²) in [4.78, 5) is 26.1. The summed E-state index contributed by atoms with van der Waals surface area (Å²) in [5.41, 5.74) is 0.108. The molecule has 162 valence electrons. The third-order valence-corrected chi connectivity index (χ3v) is 5.11. The number of hydrogen-bond acceptors (Lipinski definition) is 6. The zero-order valence-electron chi connectivity index (χ0n) is 16.7. The van der Waals surface area contributed by atoms with Crippen molar-refractivity contribution in [2.75, 3.05) is 31.1 Å². The lowest BCUT2D eigenvalue weighted by Gasteiger charge is -2.23. The number of carbonyl (C=O) groups is 1. The molecule has 11 heteroatoms. The molecule has 8 nitrogen and oxygen atoms in total. The second-order valence-corrected chi connectivity index (χ2v) is 7.14. The van der Waals surface area contributed by atoms with E-state index in [4.69, 9.17) is 0 Å². The second-order valence-electron chi connectivity index (χ2n) is 7.14. The van der Waals surface area contributed by atoms with E-state index in [1.807, 2.05) is 6.07 Å². The summed E-state index contributed by atoms with van der Waals surface area (Å²) >= 11 is 0. The number of benzene rings is 1. The molecule has 0 radical (unpaired) electrons. The van der Waals surface area contributed by atoms with Gasteiger partial charge in [-0.15, -0.1) is 0 Å². The molecule has 0 bridgehead atoms. The van der Waals surface area contributed by atoms with Crippen LogP contribution < -0.4 is 4.90 Å². The monoisotopic (exact) mass is 431 g/mol. The van der Waals surface area contributed by atoms with E-state index in [0.29, 0.717) is 43.9 Å². The fourth-order valence-corrected chi connectivity index (χ4v) is 3.55. The van der Waals surface area contributed by atoms with Crippen molar-refractivity contribution in [1.29, 1.82) is 0 Å². The number of amides is 1. The number of aromatic nitrogens is 5. The second kappa shape index (κ2) is 8.32. The molecule has 0 spiro atoms. The summed E-state index contributed by atoms with van der Waals surface area (Å²) in [6.45, 7) is 3.18. The van der Waals surface area contributed by atoms with Crippen LogP contribution in [0, 0.1) is 6.92 Å². The Balaban J connectivity index is 1.50. The first-order chi connectivity index (χ1) is 14.8. The maximum atomic E-state index is 13.2. The third kappa shape index (κ3) is 4.35. The van der Waals surface area contributed by atoms with Gasteiger partial charge in [-0.3, -0.25) is 4.79 Å². The van der Waals surface area contributed by atoms with E-state index in [9.17, 15) is 18.0 Å². The molecule has 1 aromatic carbocycles. The normalized spacial score (nSPS) is 15.1. The van der Waals surface area contributed by atoms with E-state index in [0.717, 1.165) is 6.20 Å². The predicted molar refractivity (Wildman–Crippen MR) is 106 cm³/mol. The number of aryl methyl sites for hydroxylation is 1. The van der Waals surface area contributed by atoms with E-state index in [1.165, 1.54) is 24.1 Å². The first-order valence-corrected chi connectivity index (χ1v) is 9.75. The van der Waals surface area contributed by atoms with Crippen LogP contribution in [0.3, 0.4) is 0 Å². The SMILES string of the molecule is Cc1nc(N2CCCN(C(=O)c3ccccc3-n3nccn3)CC2)ncc1C(F)(F)F. The van der Waals surface area contributed by atoms with Crippen LogP contribution in [0.2, 0.25) is 0 Å². The molecule has 1 aliphatic rings. The van der Waals surface area contributed by atoms with Crippen molar-refractivity contribution in [3.05, 3.63) is 59.7 Å². The van der Waals surface area contributed by atoms with Crippen LogP contribution >= 0.6 is 0 Å². The Labute approximate surface area is 176 Å². The molecule has 1 fully saturated rings. The lowest BCUT2D eigenvalue weighted by Crippen LogP contribution is -2.36. The topological polar surface area (TPSA) is 80.0 Å². The fraction of sp³-hybridized carbons (Fsp3) is 0.350. The Morgan fingerprint density at radius 2 is 1.77 bits per heavy atom. The third-order valence-electron chi connectivity index (χ3n) is 5.11. The van der Waals surface area contributed by atoms with Gasteiger partial charge in [0.05, 0.1) is 34.9 Å². The van der Waals surface area contributed by atoms with Crippen LogP contribution in [-0.4, -0.2) is 61.9 Å². The highest BCUT2D eigenvalue weighted by Crippen LogP contribution is 2.31. The van der Waals surface area contributed by atoms with Gasteiger partial charge in [-0.1, -0.05) is 12.1 Å². The lowest BCUT2D eigenvalue weighted by atomic mass is 10.1. The number of rotatable bonds is 3. The molecular weight excluding hydrogens is 411 g/mol. The first-order valence-electron chi connectivity index (χ1n) is 9.75. The van der Waals surface area contributed by atoms with Gasteiger partial charge < -0.3 is 9.80 Å². The fourth-order valence-electron chi connectivity index (χ4n) is 3.55. The lowest BCUT2D eigenvalue weighted by molar-refractivity contribution is -0.138. The molecular formula is C20H20F3N7O. The summed E-state index contributed by atoms with van der Waals surface area (Å²) in [7, 11) is 0. The summed E-state index contributed by atoms with van der Waals surface area (Å²) in [6.07, 6.45) is 0.0475. The quantitative estimate of drug-likeness (QED) is 0.635. The van der Waals surface area contributed by atoms with Gasteiger partial charge in [0.1, 0.15) is 0 Å². The Hall–Kier alpha value is -3.50. The molecule has 1 saturated heterocycles. The van der Waals surface area contributed by atoms with Crippen LogP contribution in [0.1, 0.15) is 28.0 Å². The Morgan fingerprint density at radius 3 is 2.48 bits per heavy atom. The van der Waals surface area contributed by atoms with Crippen molar-refractivity contribution in [1.82, 2.24) is 29.9 Å². The smallest absolute Gasteiger partial charge is 0.339 e. The van der Waals surface area contributed by atoms with Crippen molar-refractivity contribution in [2.24, 2.45) is 0 Å². The Morgan fingerprint density at radius 1 is 1.03 bits per heavy atom. The van der Waals surface area contributed by atoms with E-state index >= 15 is 0 Å². The Bertz CT molecular complexity index is 1070. The van der Waals surface area contributed by atoms with Gasteiger partial charge in [-0.2, -0.15) is 28.2 Å². The van der Waals surface area contributed by atoms with Crippen molar-refractivity contribution in [2.45, 2.75) is 19.5 Å². The van der Waals surface area contributed by atoms with Crippen molar-refractivity contribution < 1.29 is 18.0 Å². The molecule has 0 aliphatic carbocycles. The molecule has 1 aliphatic heterocycles. The minimum atomic E-state index is -4.48.